The van der Waals surface area contributed by atoms with Crippen molar-refractivity contribution in [2.75, 3.05) is 7.11 Å². The van der Waals surface area contributed by atoms with Gasteiger partial charge in [0, 0.05) is 17.8 Å². The smallest absolute Gasteiger partial charge is 0.490 e. The summed E-state index contributed by atoms with van der Waals surface area (Å²) < 4.78 is 39.5. The fourth-order valence-electron chi connectivity index (χ4n) is 3.19. The first-order valence-electron chi connectivity index (χ1n) is 10.1. The van der Waals surface area contributed by atoms with Crippen molar-refractivity contribution in [3.05, 3.63) is 72.2 Å². The van der Waals surface area contributed by atoms with Crippen molar-refractivity contribution in [1.82, 2.24) is 9.55 Å². The molecule has 0 spiro atoms. The summed E-state index contributed by atoms with van der Waals surface area (Å²) in [5.74, 6) is -1.21. The highest BCUT2D eigenvalue weighted by Crippen LogP contribution is 2.25. The number of carbonyl (C=O) groups is 1. The van der Waals surface area contributed by atoms with E-state index in [-0.39, 0.29) is 0 Å². The summed E-state index contributed by atoms with van der Waals surface area (Å²) in [6, 6.07) is 18.7. The average molecular weight is 448 g/mol. The Hall–Kier alpha value is -3.29. The minimum atomic E-state index is -5.08. The van der Waals surface area contributed by atoms with Gasteiger partial charge in [0.15, 0.2) is 0 Å². The zero-order valence-electron chi connectivity index (χ0n) is 18.3. The van der Waals surface area contributed by atoms with Gasteiger partial charge in [-0.3, -0.25) is 0 Å². The van der Waals surface area contributed by atoms with Crippen LogP contribution in [0.4, 0.5) is 13.2 Å². The second kappa shape index (κ2) is 11.4. The molecular formula is C24H27F3N2O3. The number of halogens is 3. The minimum Gasteiger partial charge on any atom is -0.496 e. The molecule has 8 heteroatoms. The third-order valence-electron chi connectivity index (χ3n) is 4.65. The molecule has 0 atom stereocenters. The predicted molar refractivity (Wildman–Crippen MR) is 117 cm³/mol. The number of alkyl halides is 3. The van der Waals surface area contributed by atoms with Gasteiger partial charge in [0.25, 0.3) is 0 Å². The van der Waals surface area contributed by atoms with Gasteiger partial charge in [-0.1, -0.05) is 62.4 Å². The Balaban J connectivity index is 0.000000451. The molecule has 1 N–H and O–H groups in total. The Kier molecular flexibility index (Phi) is 8.87. The molecule has 172 valence electrons. The van der Waals surface area contributed by atoms with Crippen LogP contribution in [-0.4, -0.2) is 33.9 Å². The summed E-state index contributed by atoms with van der Waals surface area (Å²) in [6.45, 7) is 5.42. The first kappa shape index (κ1) is 25.0. The Morgan fingerprint density at radius 2 is 1.69 bits per heavy atom. The van der Waals surface area contributed by atoms with E-state index >= 15 is 0 Å². The van der Waals surface area contributed by atoms with Gasteiger partial charge in [-0.05, 0) is 30.4 Å². The lowest BCUT2D eigenvalue weighted by atomic mass is 10.0. The lowest BCUT2D eigenvalue weighted by molar-refractivity contribution is -0.192. The van der Waals surface area contributed by atoms with Crippen LogP contribution >= 0.6 is 0 Å². The Morgan fingerprint density at radius 3 is 2.25 bits per heavy atom. The van der Waals surface area contributed by atoms with Crippen molar-refractivity contribution in [2.24, 2.45) is 5.92 Å². The summed E-state index contributed by atoms with van der Waals surface area (Å²) in [5, 5.41) is 7.12. The van der Waals surface area contributed by atoms with Crippen LogP contribution in [0.25, 0.3) is 11.3 Å². The van der Waals surface area contributed by atoms with E-state index in [1.165, 1.54) is 16.8 Å². The third-order valence-corrected chi connectivity index (χ3v) is 4.65. The first-order chi connectivity index (χ1) is 15.1. The summed E-state index contributed by atoms with van der Waals surface area (Å²) >= 11 is 0. The molecule has 0 saturated heterocycles. The molecule has 0 amide bonds. The number of hydrogen-bond acceptors (Lipinski definition) is 3. The number of aromatic nitrogens is 2. The number of methoxy groups -OCH3 is 1. The Labute approximate surface area is 185 Å². The van der Waals surface area contributed by atoms with Crippen LogP contribution in [-0.2, 0) is 24.2 Å². The summed E-state index contributed by atoms with van der Waals surface area (Å²) in [4.78, 5) is 13.6. The van der Waals surface area contributed by atoms with Crippen LogP contribution < -0.4 is 4.74 Å². The van der Waals surface area contributed by atoms with E-state index < -0.39 is 12.1 Å². The molecule has 3 rings (SSSR count). The number of ether oxygens (including phenoxy) is 1. The van der Waals surface area contributed by atoms with Crippen molar-refractivity contribution >= 4 is 5.97 Å². The van der Waals surface area contributed by atoms with E-state index in [4.69, 9.17) is 19.6 Å². The first-order valence-corrected chi connectivity index (χ1v) is 10.1. The summed E-state index contributed by atoms with van der Waals surface area (Å²) in [5.41, 5.74) is 4.84. The largest absolute Gasteiger partial charge is 0.496 e. The van der Waals surface area contributed by atoms with Crippen molar-refractivity contribution in [3.63, 3.8) is 0 Å². The number of carboxylic acids is 1. The van der Waals surface area contributed by atoms with Crippen LogP contribution in [0, 0.1) is 5.92 Å². The third kappa shape index (κ3) is 7.14. The molecule has 3 aromatic rings. The second-order valence-electron chi connectivity index (χ2n) is 7.56. The predicted octanol–water partition coefficient (Wildman–Crippen LogP) is 5.63. The molecular weight excluding hydrogens is 421 g/mol. The van der Waals surface area contributed by atoms with Crippen LogP contribution in [0.15, 0.2) is 60.9 Å². The van der Waals surface area contributed by atoms with Gasteiger partial charge in [0.1, 0.15) is 5.75 Å². The van der Waals surface area contributed by atoms with E-state index in [9.17, 15) is 13.2 Å². The monoisotopic (exact) mass is 448 g/mol. The van der Waals surface area contributed by atoms with Crippen molar-refractivity contribution < 1.29 is 27.8 Å². The van der Waals surface area contributed by atoms with E-state index in [1.807, 2.05) is 24.5 Å². The number of benzene rings is 2. The SMILES string of the molecule is COc1ccccc1CCn1cnc(-c2ccccc2)c1CC(C)C.O=C(O)C(F)(F)F. The number of hydrogen-bond donors (Lipinski definition) is 1. The normalized spacial score (nSPS) is 11.1. The molecule has 1 heterocycles. The topological polar surface area (TPSA) is 64.4 Å². The molecule has 0 aliphatic carbocycles. The maximum absolute atomic E-state index is 10.6. The van der Waals surface area contributed by atoms with Crippen LogP contribution in [0.3, 0.4) is 0 Å². The quantitative estimate of drug-likeness (QED) is 0.509. The van der Waals surface area contributed by atoms with Crippen LogP contribution in [0.5, 0.6) is 5.75 Å². The standard InChI is InChI=1S/C22H26N2O.C2HF3O2/c1-17(2)15-20-22(19-10-5-4-6-11-19)23-16-24(20)14-13-18-9-7-8-12-21(18)25-3;3-2(4,5)1(6)7/h4-12,16-17H,13-15H2,1-3H3;(H,6,7). The second-order valence-corrected chi connectivity index (χ2v) is 7.56. The number of aryl methyl sites for hydroxylation is 2. The van der Waals surface area contributed by atoms with Crippen molar-refractivity contribution in [1.29, 1.82) is 0 Å². The maximum Gasteiger partial charge on any atom is 0.490 e. The molecule has 0 aliphatic heterocycles. The highest BCUT2D eigenvalue weighted by molar-refractivity contribution is 5.73. The van der Waals surface area contributed by atoms with Gasteiger partial charge >= 0.3 is 12.1 Å². The van der Waals surface area contributed by atoms with Crippen molar-refractivity contribution in [2.45, 2.75) is 39.4 Å². The fraction of sp³-hybridized carbons (Fsp3) is 0.333. The number of carboxylic acid groups (broad SMARTS) is 1. The molecule has 2 aromatic carbocycles. The van der Waals surface area contributed by atoms with Gasteiger partial charge in [0.2, 0.25) is 0 Å². The lowest BCUT2D eigenvalue weighted by Gasteiger charge is -2.13. The molecule has 0 radical (unpaired) electrons. The number of aliphatic carboxylic acids is 1. The Bertz CT molecular complexity index is 999. The molecule has 0 bridgehead atoms. The van der Waals surface area contributed by atoms with Gasteiger partial charge in [-0.2, -0.15) is 13.2 Å². The molecule has 0 saturated carbocycles. The fourth-order valence-corrected chi connectivity index (χ4v) is 3.19. The van der Waals surface area contributed by atoms with E-state index in [2.05, 4.69) is 54.8 Å². The number of para-hydroxylation sites is 1. The van der Waals surface area contributed by atoms with Crippen LogP contribution in [0.2, 0.25) is 0 Å². The maximum atomic E-state index is 10.6. The zero-order chi connectivity index (χ0) is 23.7. The van der Waals surface area contributed by atoms with Gasteiger partial charge in [-0.25, -0.2) is 9.78 Å². The van der Waals surface area contributed by atoms with E-state index in [0.717, 1.165) is 30.8 Å². The van der Waals surface area contributed by atoms with E-state index in [0.29, 0.717) is 5.92 Å². The van der Waals surface area contributed by atoms with E-state index in [1.54, 1.807) is 7.11 Å². The summed E-state index contributed by atoms with van der Waals surface area (Å²) in [7, 11) is 1.73. The zero-order valence-corrected chi connectivity index (χ0v) is 18.3. The lowest BCUT2D eigenvalue weighted by Crippen LogP contribution is -2.21. The van der Waals surface area contributed by atoms with Gasteiger partial charge in [-0.15, -0.1) is 0 Å². The van der Waals surface area contributed by atoms with Gasteiger partial charge in [0.05, 0.1) is 19.1 Å². The molecule has 0 fully saturated rings. The molecule has 0 aliphatic rings. The van der Waals surface area contributed by atoms with Gasteiger partial charge < -0.3 is 14.4 Å². The van der Waals surface area contributed by atoms with Crippen molar-refractivity contribution in [3.8, 4) is 17.0 Å². The molecule has 0 unspecified atom stereocenters. The Morgan fingerprint density at radius 1 is 1.09 bits per heavy atom. The highest BCUT2D eigenvalue weighted by atomic mass is 19.4. The number of rotatable bonds is 7. The number of nitrogens with zero attached hydrogens (tertiary/aromatic N) is 2. The van der Waals surface area contributed by atoms with Crippen LogP contribution in [0.1, 0.15) is 25.1 Å². The molecule has 32 heavy (non-hydrogen) atoms. The molecule has 1 aromatic heterocycles. The number of imidazole rings is 1. The summed E-state index contributed by atoms with van der Waals surface area (Å²) in [6.07, 6.45) is -1.15. The average Bonchev–Trinajstić information content (AvgIpc) is 3.14. The minimum absolute atomic E-state index is 0.587. The molecule has 5 nitrogen and oxygen atoms in total. The highest BCUT2D eigenvalue weighted by Gasteiger charge is 2.38.